The summed E-state index contributed by atoms with van der Waals surface area (Å²) >= 11 is 0. The minimum absolute atomic E-state index is 0.00736. The van der Waals surface area contributed by atoms with Gasteiger partial charge in [-0.15, -0.1) is 0 Å². The monoisotopic (exact) mass is 368 g/mol. The Kier molecular flexibility index (Phi) is 4.36. The number of amides is 2. The molecule has 1 saturated heterocycles. The number of furan rings is 1. The van der Waals surface area contributed by atoms with E-state index >= 15 is 0 Å². The number of nitrogens with one attached hydrogen (secondary N) is 2. The molecule has 1 aliphatic rings. The van der Waals surface area contributed by atoms with Crippen molar-refractivity contribution < 1.29 is 14.0 Å². The summed E-state index contributed by atoms with van der Waals surface area (Å²) in [5, 5.41) is 6.38. The maximum Gasteiger partial charge on any atom is 0.271 e. The van der Waals surface area contributed by atoms with Gasteiger partial charge in [0.1, 0.15) is 12.0 Å². The van der Waals surface area contributed by atoms with Crippen LogP contribution >= 0.6 is 0 Å². The Labute approximate surface area is 155 Å². The van der Waals surface area contributed by atoms with E-state index in [4.69, 9.17) is 10.2 Å². The molecule has 140 valence electrons. The summed E-state index contributed by atoms with van der Waals surface area (Å²) in [6.45, 7) is 2.94. The topological polar surface area (TPSA) is 128 Å². The maximum atomic E-state index is 12.8. The van der Waals surface area contributed by atoms with E-state index in [2.05, 4.69) is 27.5 Å². The van der Waals surface area contributed by atoms with Gasteiger partial charge in [0.25, 0.3) is 11.8 Å². The highest BCUT2D eigenvalue weighted by Gasteiger charge is 2.23. The zero-order valence-corrected chi connectivity index (χ0v) is 14.8. The summed E-state index contributed by atoms with van der Waals surface area (Å²) in [6.07, 6.45) is 4.67. The first-order valence-corrected chi connectivity index (χ1v) is 8.79. The van der Waals surface area contributed by atoms with Gasteiger partial charge in [0.2, 0.25) is 0 Å². The van der Waals surface area contributed by atoms with E-state index in [9.17, 15) is 9.59 Å². The maximum absolute atomic E-state index is 12.8. The summed E-state index contributed by atoms with van der Waals surface area (Å²) < 4.78 is 7.05. The lowest BCUT2D eigenvalue weighted by Gasteiger charge is -2.28. The number of rotatable bonds is 4. The van der Waals surface area contributed by atoms with E-state index in [1.807, 2.05) is 0 Å². The van der Waals surface area contributed by atoms with Crippen molar-refractivity contribution in [3.8, 4) is 11.5 Å². The molecular weight excluding hydrogens is 348 g/mol. The molecule has 3 aromatic heterocycles. The molecule has 2 amide bonds. The fraction of sp³-hybridized carbons (Fsp3) is 0.333. The lowest BCUT2D eigenvalue weighted by Crippen LogP contribution is -2.46. The number of hydrogen-bond donors (Lipinski definition) is 3. The Morgan fingerprint density at radius 1 is 1.44 bits per heavy atom. The number of piperidine rings is 1. The molecule has 0 bridgehead atoms. The Bertz CT molecular complexity index is 994. The van der Waals surface area contributed by atoms with Gasteiger partial charge in [0, 0.05) is 12.1 Å². The first-order chi connectivity index (χ1) is 13.0. The van der Waals surface area contributed by atoms with Crippen LogP contribution in [0.25, 0.3) is 17.1 Å². The summed E-state index contributed by atoms with van der Waals surface area (Å²) in [5.74, 6) is -0.485. The van der Waals surface area contributed by atoms with Gasteiger partial charge in [-0.05, 0) is 44.5 Å². The molecule has 2 atom stereocenters. The molecular formula is C18H20N6O3. The van der Waals surface area contributed by atoms with Crippen molar-refractivity contribution in [1.82, 2.24) is 25.0 Å². The van der Waals surface area contributed by atoms with Crippen molar-refractivity contribution in [3.05, 3.63) is 42.2 Å². The number of hydrogen-bond acceptors (Lipinski definition) is 6. The molecule has 1 aliphatic heterocycles. The van der Waals surface area contributed by atoms with E-state index in [-0.39, 0.29) is 29.0 Å². The van der Waals surface area contributed by atoms with Gasteiger partial charge < -0.3 is 20.8 Å². The van der Waals surface area contributed by atoms with E-state index in [1.165, 1.54) is 12.6 Å². The molecule has 0 radical (unpaired) electrons. The highest BCUT2D eigenvalue weighted by molar-refractivity contribution is 5.99. The molecule has 3 aromatic rings. The van der Waals surface area contributed by atoms with Gasteiger partial charge in [0.05, 0.1) is 12.0 Å². The first kappa shape index (κ1) is 17.2. The van der Waals surface area contributed by atoms with Crippen molar-refractivity contribution >= 4 is 17.5 Å². The summed E-state index contributed by atoms with van der Waals surface area (Å²) in [5.41, 5.74) is 6.38. The van der Waals surface area contributed by atoms with E-state index in [1.54, 1.807) is 22.6 Å². The van der Waals surface area contributed by atoms with Crippen LogP contribution < -0.4 is 16.4 Å². The van der Waals surface area contributed by atoms with Crippen LogP contribution in [-0.4, -0.2) is 44.8 Å². The van der Waals surface area contributed by atoms with Gasteiger partial charge in [0.15, 0.2) is 17.1 Å². The van der Waals surface area contributed by atoms with Gasteiger partial charge in [-0.3, -0.25) is 14.0 Å². The average Bonchev–Trinajstić information content (AvgIpc) is 3.30. The molecule has 27 heavy (non-hydrogen) atoms. The third kappa shape index (κ3) is 3.28. The van der Waals surface area contributed by atoms with Crippen molar-refractivity contribution in [2.24, 2.45) is 5.73 Å². The summed E-state index contributed by atoms with van der Waals surface area (Å²) in [7, 11) is 0. The van der Waals surface area contributed by atoms with E-state index in [0.717, 1.165) is 19.4 Å². The van der Waals surface area contributed by atoms with Crippen LogP contribution in [0.3, 0.4) is 0 Å². The van der Waals surface area contributed by atoms with Crippen molar-refractivity contribution in [2.45, 2.75) is 31.8 Å². The average molecular weight is 368 g/mol. The molecule has 4 rings (SSSR count). The number of nitrogens with two attached hydrogens (primary N) is 1. The standard InChI is InChI=1S/C18H20N6O3/c1-10-7-11(4-5-20-10)22-18(26)12-8-13(14-3-2-6-27-14)24-9-21-15(16(19)25)17(24)23-12/h2-3,6,8-11,20H,4-5,7H2,1H3,(H2,19,25)(H,22,26). The Morgan fingerprint density at radius 2 is 2.30 bits per heavy atom. The van der Waals surface area contributed by atoms with Crippen molar-refractivity contribution in [2.75, 3.05) is 6.54 Å². The Morgan fingerprint density at radius 3 is 3.00 bits per heavy atom. The van der Waals surface area contributed by atoms with Crippen molar-refractivity contribution in [3.63, 3.8) is 0 Å². The first-order valence-electron chi connectivity index (χ1n) is 8.79. The van der Waals surface area contributed by atoms with Gasteiger partial charge in [-0.25, -0.2) is 9.97 Å². The zero-order valence-electron chi connectivity index (χ0n) is 14.8. The molecule has 0 aliphatic carbocycles. The highest BCUT2D eigenvalue weighted by Crippen LogP contribution is 2.23. The van der Waals surface area contributed by atoms with Crippen LogP contribution in [0.15, 0.2) is 35.2 Å². The molecule has 9 heteroatoms. The fourth-order valence-corrected chi connectivity index (χ4v) is 3.40. The van der Waals surface area contributed by atoms with Crippen LogP contribution in [0.1, 0.15) is 40.7 Å². The van der Waals surface area contributed by atoms with Crippen molar-refractivity contribution in [1.29, 1.82) is 0 Å². The number of primary amides is 1. The summed E-state index contributed by atoms with van der Waals surface area (Å²) in [6, 6.07) is 5.53. The normalized spacial score (nSPS) is 19.9. The smallest absolute Gasteiger partial charge is 0.271 e. The molecule has 0 aromatic carbocycles. The minimum Gasteiger partial charge on any atom is -0.463 e. The third-order valence-electron chi connectivity index (χ3n) is 4.70. The quantitative estimate of drug-likeness (QED) is 0.629. The molecule has 4 heterocycles. The van der Waals surface area contributed by atoms with Crippen LogP contribution in [0.4, 0.5) is 0 Å². The van der Waals surface area contributed by atoms with E-state index in [0.29, 0.717) is 17.5 Å². The Hall–Kier alpha value is -3.20. The molecule has 0 spiro atoms. The van der Waals surface area contributed by atoms with Crippen LogP contribution in [0, 0.1) is 0 Å². The van der Waals surface area contributed by atoms with Gasteiger partial charge in [-0.1, -0.05) is 0 Å². The lowest BCUT2D eigenvalue weighted by atomic mass is 10.0. The number of nitrogens with zero attached hydrogens (tertiary/aromatic N) is 3. The lowest BCUT2D eigenvalue weighted by molar-refractivity contribution is 0.0919. The Balaban J connectivity index is 1.75. The number of fused-ring (bicyclic) bond motifs is 1. The summed E-state index contributed by atoms with van der Waals surface area (Å²) in [4.78, 5) is 32.9. The second kappa shape index (κ2) is 6.84. The molecule has 1 fully saturated rings. The predicted octanol–water partition coefficient (Wildman–Crippen LogP) is 0.958. The molecule has 4 N–H and O–H groups in total. The third-order valence-corrected chi connectivity index (χ3v) is 4.70. The molecule has 9 nitrogen and oxygen atoms in total. The second-order valence-electron chi connectivity index (χ2n) is 6.70. The predicted molar refractivity (Wildman–Crippen MR) is 97.2 cm³/mol. The fourth-order valence-electron chi connectivity index (χ4n) is 3.40. The van der Waals surface area contributed by atoms with Crippen LogP contribution in [0.5, 0.6) is 0 Å². The van der Waals surface area contributed by atoms with E-state index < -0.39 is 5.91 Å². The van der Waals surface area contributed by atoms with Crippen LogP contribution in [-0.2, 0) is 0 Å². The number of imidazole rings is 1. The number of aromatic nitrogens is 3. The largest absolute Gasteiger partial charge is 0.463 e. The molecule has 2 unspecified atom stereocenters. The highest BCUT2D eigenvalue weighted by atomic mass is 16.3. The second-order valence-corrected chi connectivity index (χ2v) is 6.70. The number of carbonyl (C=O) groups is 2. The molecule has 0 saturated carbocycles. The number of carbonyl (C=O) groups excluding carboxylic acids is 2. The zero-order chi connectivity index (χ0) is 19.0. The van der Waals surface area contributed by atoms with Gasteiger partial charge in [-0.2, -0.15) is 0 Å². The SMILES string of the molecule is CC1CC(NC(=O)c2cc(-c3ccco3)n3cnc(C(N)=O)c3n2)CCN1. The van der Waals surface area contributed by atoms with Crippen LogP contribution in [0.2, 0.25) is 0 Å². The minimum atomic E-state index is -0.708. The van der Waals surface area contributed by atoms with Gasteiger partial charge >= 0.3 is 0 Å².